The second-order valence-electron chi connectivity index (χ2n) is 6.31. The number of ether oxygens (including phenoxy) is 1. The van der Waals surface area contributed by atoms with E-state index in [0.29, 0.717) is 13.1 Å². The fraction of sp³-hybridized carbons (Fsp3) is 0.300. The summed E-state index contributed by atoms with van der Waals surface area (Å²) in [5.41, 5.74) is 0.137. The lowest BCUT2D eigenvalue weighted by Gasteiger charge is -2.18. The molecule has 0 radical (unpaired) electrons. The molecule has 0 spiro atoms. The van der Waals surface area contributed by atoms with Crippen LogP contribution in [0.5, 0.6) is 0 Å². The highest BCUT2D eigenvalue weighted by Gasteiger charge is 2.22. The van der Waals surface area contributed by atoms with Gasteiger partial charge < -0.3 is 14.5 Å². The first-order chi connectivity index (χ1) is 15.2. The summed E-state index contributed by atoms with van der Waals surface area (Å²) in [6.45, 7) is 2.83. The van der Waals surface area contributed by atoms with E-state index in [1.165, 1.54) is 47.0 Å². The van der Waals surface area contributed by atoms with Gasteiger partial charge in [-0.15, -0.1) is 0 Å². The molecule has 0 saturated heterocycles. The number of sulfonamides is 1. The molecule has 172 valence electrons. The van der Waals surface area contributed by atoms with Crippen LogP contribution < -0.4 is 10.6 Å². The molecule has 0 fully saturated rings. The molecule has 12 heteroatoms. The van der Waals surface area contributed by atoms with Crippen LogP contribution in [-0.4, -0.2) is 62.7 Å². The summed E-state index contributed by atoms with van der Waals surface area (Å²) in [5.74, 6) is -3.26. The van der Waals surface area contributed by atoms with Crippen LogP contribution in [0.3, 0.4) is 0 Å². The number of hydrogen-bond acceptors (Lipinski definition) is 8. The number of hydrogen-bond donors (Lipinski definition) is 2. The van der Waals surface area contributed by atoms with E-state index in [9.17, 15) is 27.6 Å². The summed E-state index contributed by atoms with van der Waals surface area (Å²) in [7, 11) is -3.65. The molecule has 3 amide bonds. The normalized spacial score (nSPS) is 11.1. The van der Waals surface area contributed by atoms with Crippen molar-refractivity contribution < 1.29 is 36.7 Å². The minimum absolute atomic E-state index is 0.0484. The number of imide groups is 1. The molecule has 2 aromatic rings. The van der Waals surface area contributed by atoms with Crippen molar-refractivity contribution in [1.29, 1.82) is 0 Å². The minimum atomic E-state index is -3.65. The molecule has 0 aliphatic heterocycles. The quantitative estimate of drug-likeness (QED) is 0.482. The highest BCUT2D eigenvalue weighted by Crippen LogP contribution is 2.16. The van der Waals surface area contributed by atoms with Gasteiger partial charge >= 0.3 is 5.97 Å². The van der Waals surface area contributed by atoms with Gasteiger partial charge in [0.15, 0.2) is 12.4 Å². The zero-order valence-electron chi connectivity index (χ0n) is 17.5. The van der Waals surface area contributed by atoms with E-state index < -0.39 is 46.9 Å². The summed E-state index contributed by atoms with van der Waals surface area (Å²) in [6.07, 6.45) is 1.26. The van der Waals surface area contributed by atoms with Gasteiger partial charge in [0.25, 0.3) is 17.7 Å². The van der Waals surface area contributed by atoms with Gasteiger partial charge in [-0.2, -0.15) is 4.31 Å². The monoisotopic (exact) mass is 465 g/mol. The van der Waals surface area contributed by atoms with Crippen molar-refractivity contribution in [2.45, 2.75) is 18.7 Å². The summed E-state index contributed by atoms with van der Waals surface area (Å²) in [6, 6.07) is 8.09. The topological polar surface area (TPSA) is 152 Å². The molecule has 32 heavy (non-hydrogen) atoms. The molecule has 1 aromatic carbocycles. The van der Waals surface area contributed by atoms with Gasteiger partial charge in [-0.1, -0.05) is 13.8 Å². The standard InChI is InChI=1S/C20H23N3O8S/c1-3-23(4-2)32(28,29)15-9-7-14(8-10-15)19(26)21-12-18(25)31-13-17(24)22-20(27)16-6-5-11-30-16/h5-11H,3-4,12-13H2,1-2H3,(H,21,26)(H,22,24,27). The van der Waals surface area contributed by atoms with Gasteiger partial charge in [-0.25, -0.2) is 8.42 Å². The first-order valence-corrected chi connectivity index (χ1v) is 11.0. The average molecular weight is 465 g/mol. The van der Waals surface area contributed by atoms with E-state index in [4.69, 9.17) is 4.42 Å². The molecule has 0 aliphatic rings. The Morgan fingerprint density at radius 3 is 2.22 bits per heavy atom. The molecule has 0 saturated carbocycles. The van der Waals surface area contributed by atoms with E-state index in [1.807, 2.05) is 5.32 Å². The smallest absolute Gasteiger partial charge is 0.325 e. The number of benzene rings is 1. The Hall–Kier alpha value is -3.51. The van der Waals surface area contributed by atoms with E-state index >= 15 is 0 Å². The van der Waals surface area contributed by atoms with Crippen molar-refractivity contribution >= 4 is 33.7 Å². The maximum atomic E-state index is 12.5. The van der Waals surface area contributed by atoms with Crippen molar-refractivity contribution in [1.82, 2.24) is 14.9 Å². The maximum absolute atomic E-state index is 12.5. The third-order valence-electron chi connectivity index (χ3n) is 4.22. The predicted octanol–water partition coefficient (Wildman–Crippen LogP) is 0.540. The molecule has 2 rings (SSSR count). The summed E-state index contributed by atoms with van der Waals surface area (Å²) >= 11 is 0. The van der Waals surface area contributed by atoms with Gasteiger partial charge in [0.1, 0.15) is 6.54 Å². The van der Waals surface area contributed by atoms with Crippen molar-refractivity contribution in [2.75, 3.05) is 26.2 Å². The molecule has 0 atom stereocenters. The number of rotatable bonds is 10. The molecule has 0 aliphatic carbocycles. The van der Waals surface area contributed by atoms with Crippen LogP contribution in [0.4, 0.5) is 0 Å². The van der Waals surface area contributed by atoms with Crippen LogP contribution >= 0.6 is 0 Å². The van der Waals surface area contributed by atoms with Crippen LogP contribution in [0.2, 0.25) is 0 Å². The molecule has 0 bridgehead atoms. The van der Waals surface area contributed by atoms with E-state index in [0.717, 1.165) is 0 Å². The number of carbonyl (C=O) groups excluding carboxylic acids is 4. The van der Waals surface area contributed by atoms with Gasteiger partial charge in [0.05, 0.1) is 11.2 Å². The number of carbonyl (C=O) groups is 4. The third-order valence-corrected chi connectivity index (χ3v) is 6.28. The molecule has 11 nitrogen and oxygen atoms in total. The second-order valence-corrected chi connectivity index (χ2v) is 8.25. The Morgan fingerprint density at radius 2 is 1.66 bits per heavy atom. The number of esters is 1. The van der Waals surface area contributed by atoms with Crippen molar-refractivity contribution in [3.8, 4) is 0 Å². The van der Waals surface area contributed by atoms with Crippen molar-refractivity contribution in [3.05, 3.63) is 54.0 Å². The first kappa shape index (κ1) is 24.8. The van der Waals surface area contributed by atoms with Gasteiger partial charge in [0, 0.05) is 18.7 Å². The van der Waals surface area contributed by atoms with Crippen molar-refractivity contribution in [3.63, 3.8) is 0 Å². The zero-order valence-corrected chi connectivity index (χ0v) is 18.3. The molecular formula is C20H23N3O8S. The summed E-state index contributed by atoms with van der Waals surface area (Å²) in [4.78, 5) is 47.2. The van der Waals surface area contributed by atoms with Crippen molar-refractivity contribution in [2.24, 2.45) is 0 Å². The second kappa shape index (κ2) is 11.2. The first-order valence-electron chi connectivity index (χ1n) is 9.60. The largest absolute Gasteiger partial charge is 0.459 e. The lowest BCUT2D eigenvalue weighted by Crippen LogP contribution is -2.36. The Labute approximate surface area is 184 Å². The number of nitrogens with zero attached hydrogens (tertiary/aromatic N) is 1. The van der Waals surface area contributed by atoms with E-state index in [1.54, 1.807) is 13.8 Å². The Morgan fingerprint density at radius 1 is 1.00 bits per heavy atom. The van der Waals surface area contributed by atoms with Gasteiger partial charge in [0.2, 0.25) is 10.0 Å². The van der Waals surface area contributed by atoms with Crippen LogP contribution in [0.1, 0.15) is 34.8 Å². The fourth-order valence-corrected chi connectivity index (χ4v) is 4.03. The van der Waals surface area contributed by atoms with Crippen LogP contribution in [-0.2, 0) is 24.3 Å². The Kier molecular flexibility index (Phi) is 8.67. The SMILES string of the molecule is CCN(CC)S(=O)(=O)c1ccc(C(=O)NCC(=O)OCC(=O)NC(=O)c2ccco2)cc1. The van der Waals surface area contributed by atoms with Crippen LogP contribution in [0.25, 0.3) is 0 Å². The summed E-state index contributed by atoms with van der Waals surface area (Å²) in [5, 5.41) is 4.28. The van der Waals surface area contributed by atoms with Gasteiger partial charge in [-0.05, 0) is 36.4 Å². The maximum Gasteiger partial charge on any atom is 0.325 e. The molecular weight excluding hydrogens is 442 g/mol. The average Bonchev–Trinajstić information content (AvgIpc) is 3.32. The summed E-state index contributed by atoms with van der Waals surface area (Å²) < 4.78 is 35.7. The fourth-order valence-electron chi connectivity index (χ4n) is 2.57. The zero-order chi connectivity index (χ0) is 23.7. The molecule has 1 heterocycles. The van der Waals surface area contributed by atoms with Crippen LogP contribution in [0, 0.1) is 0 Å². The molecule has 2 N–H and O–H groups in total. The van der Waals surface area contributed by atoms with Crippen LogP contribution in [0.15, 0.2) is 52.0 Å². The number of amides is 3. The molecule has 0 unspecified atom stereocenters. The van der Waals surface area contributed by atoms with E-state index in [2.05, 4.69) is 10.1 Å². The Bertz CT molecular complexity index is 1060. The Balaban J connectivity index is 1.81. The number of furan rings is 1. The minimum Gasteiger partial charge on any atom is -0.459 e. The third kappa shape index (κ3) is 6.49. The molecule has 1 aromatic heterocycles. The predicted molar refractivity (Wildman–Crippen MR) is 111 cm³/mol. The van der Waals surface area contributed by atoms with E-state index in [-0.39, 0.29) is 16.2 Å². The highest BCUT2D eigenvalue weighted by atomic mass is 32.2. The van der Waals surface area contributed by atoms with Gasteiger partial charge in [-0.3, -0.25) is 24.5 Å². The highest BCUT2D eigenvalue weighted by molar-refractivity contribution is 7.89. The lowest BCUT2D eigenvalue weighted by molar-refractivity contribution is -0.147. The number of nitrogens with one attached hydrogen (secondary N) is 2. The lowest BCUT2D eigenvalue weighted by atomic mass is 10.2.